The van der Waals surface area contributed by atoms with Crippen molar-refractivity contribution in [2.24, 2.45) is 5.92 Å². The smallest absolute Gasteiger partial charge is 0.225 e. The number of piperazine rings is 1. The van der Waals surface area contributed by atoms with E-state index >= 15 is 0 Å². The van der Waals surface area contributed by atoms with Crippen LogP contribution in [0, 0.1) is 5.92 Å². The highest BCUT2D eigenvalue weighted by Crippen LogP contribution is 2.31. The van der Waals surface area contributed by atoms with Gasteiger partial charge in [-0.2, -0.15) is 0 Å². The fourth-order valence-electron chi connectivity index (χ4n) is 4.51. The van der Waals surface area contributed by atoms with Gasteiger partial charge >= 0.3 is 0 Å². The van der Waals surface area contributed by atoms with Crippen LogP contribution < -0.4 is 9.80 Å². The Morgan fingerprint density at radius 2 is 1.59 bits per heavy atom. The van der Waals surface area contributed by atoms with Crippen molar-refractivity contribution in [3.8, 4) is 10.6 Å². The van der Waals surface area contributed by atoms with E-state index in [-0.39, 0.29) is 5.92 Å². The number of hydrogen-bond acceptors (Lipinski definition) is 6. The molecule has 6 nitrogen and oxygen atoms in total. The van der Waals surface area contributed by atoms with Crippen molar-refractivity contribution in [1.82, 2.24) is 15.1 Å². The lowest BCUT2D eigenvalue weighted by atomic mass is 9.95. The summed E-state index contributed by atoms with van der Waals surface area (Å²) >= 11 is 5.15. The molecule has 2 aliphatic rings. The zero-order chi connectivity index (χ0) is 21.9. The van der Waals surface area contributed by atoms with E-state index in [2.05, 4.69) is 71.2 Å². The van der Waals surface area contributed by atoms with E-state index in [9.17, 15) is 4.79 Å². The molecule has 2 aromatic heterocycles. The van der Waals surface area contributed by atoms with Crippen molar-refractivity contribution < 1.29 is 4.79 Å². The van der Waals surface area contributed by atoms with Gasteiger partial charge < -0.3 is 14.7 Å². The van der Waals surface area contributed by atoms with Crippen LogP contribution in [0.15, 0.2) is 58.4 Å². The molecule has 0 radical (unpaired) electrons. The summed E-state index contributed by atoms with van der Waals surface area (Å²) < 4.78 is 1.09. The third-order valence-electron chi connectivity index (χ3n) is 6.36. The zero-order valence-corrected chi connectivity index (χ0v) is 20.3. The van der Waals surface area contributed by atoms with Crippen LogP contribution in [0.25, 0.3) is 10.6 Å². The fraction of sp³-hybridized carbons (Fsp3) is 0.375. The quantitative estimate of drug-likeness (QED) is 0.514. The highest BCUT2D eigenvalue weighted by atomic mass is 79.9. The summed E-state index contributed by atoms with van der Waals surface area (Å²) in [5, 5.41) is 8.87. The van der Waals surface area contributed by atoms with Crippen LogP contribution in [0.5, 0.6) is 0 Å². The Labute approximate surface area is 201 Å². The molecule has 0 bridgehead atoms. The van der Waals surface area contributed by atoms with Gasteiger partial charge in [-0.05, 0) is 65.2 Å². The Morgan fingerprint density at radius 3 is 2.22 bits per heavy atom. The molecule has 3 aromatic rings. The van der Waals surface area contributed by atoms with Crippen molar-refractivity contribution in [2.45, 2.75) is 12.8 Å². The number of benzene rings is 1. The van der Waals surface area contributed by atoms with Crippen LogP contribution in [0.4, 0.5) is 11.5 Å². The number of nitrogens with zero attached hydrogens (tertiary/aromatic N) is 5. The SMILES string of the molecule is O=C(C1CCN(c2ccc(-c3ccc(Br)s3)nn2)CC1)N1CCN(c2ccccc2)CC1. The number of anilines is 2. The highest BCUT2D eigenvalue weighted by Gasteiger charge is 2.31. The van der Waals surface area contributed by atoms with Crippen molar-refractivity contribution in [2.75, 3.05) is 49.1 Å². The molecule has 166 valence electrons. The third kappa shape index (κ3) is 4.66. The summed E-state index contributed by atoms with van der Waals surface area (Å²) in [4.78, 5) is 20.9. The lowest BCUT2D eigenvalue weighted by molar-refractivity contribution is -0.136. The molecule has 0 spiro atoms. The molecule has 8 heteroatoms. The summed E-state index contributed by atoms with van der Waals surface area (Å²) in [6.45, 7) is 5.10. The van der Waals surface area contributed by atoms with Gasteiger partial charge in [0.05, 0.1) is 8.66 Å². The molecule has 1 amide bonds. The Bertz CT molecular complexity index is 1040. The number of carbonyl (C=O) groups is 1. The van der Waals surface area contributed by atoms with E-state index in [4.69, 9.17) is 0 Å². The lowest BCUT2D eigenvalue weighted by Gasteiger charge is -2.39. The molecule has 4 heterocycles. The molecule has 2 fully saturated rings. The van der Waals surface area contributed by atoms with Crippen LogP contribution >= 0.6 is 27.3 Å². The van der Waals surface area contributed by atoms with Gasteiger partial charge in [0.2, 0.25) is 5.91 Å². The summed E-state index contributed by atoms with van der Waals surface area (Å²) in [5.74, 6) is 1.33. The number of halogens is 1. The van der Waals surface area contributed by atoms with Gasteiger partial charge in [-0.15, -0.1) is 21.5 Å². The second kappa shape index (κ2) is 9.58. The molecule has 0 unspecified atom stereocenters. The van der Waals surface area contributed by atoms with E-state index in [0.29, 0.717) is 5.91 Å². The number of amides is 1. The van der Waals surface area contributed by atoms with Gasteiger partial charge in [-0.25, -0.2) is 0 Å². The van der Waals surface area contributed by atoms with E-state index in [1.54, 1.807) is 11.3 Å². The predicted octanol–water partition coefficient (Wildman–Crippen LogP) is 4.53. The maximum absolute atomic E-state index is 13.1. The monoisotopic (exact) mass is 511 g/mol. The Morgan fingerprint density at radius 1 is 0.844 bits per heavy atom. The van der Waals surface area contributed by atoms with Crippen LogP contribution in [-0.2, 0) is 4.79 Å². The molecule has 0 atom stereocenters. The third-order valence-corrected chi connectivity index (χ3v) is 8.00. The summed E-state index contributed by atoms with van der Waals surface area (Å²) in [7, 11) is 0. The van der Waals surface area contributed by atoms with E-state index in [1.807, 2.05) is 24.3 Å². The Hall–Kier alpha value is -2.45. The van der Waals surface area contributed by atoms with Crippen LogP contribution in [0.2, 0.25) is 0 Å². The van der Waals surface area contributed by atoms with Gasteiger partial charge in [0.1, 0.15) is 5.69 Å². The lowest BCUT2D eigenvalue weighted by Crippen LogP contribution is -2.51. The minimum atomic E-state index is 0.116. The first-order valence-corrected chi connectivity index (χ1v) is 12.7. The van der Waals surface area contributed by atoms with E-state index < -0.39 is 0 Å². The van der Waals surface area contributed by atoms with Crippen LogP contribution in [0.1, 0.15) is 12.8 Å². The Balaban J connectivity index is 1.13. The van der Waals surface area contributed by atoms with Gasteiger partial charge in [0.25, 0.3) is 0 Å². The summed E-state index contributed by atoms with van der Waals surface area (Å²) in [6.07, 6.45) is 1.75. The molecule has 2 saturated heterocycles. The number of hydrogen-bond donors (Lipinski definition) is 0. The van der Waals surface area contributed by atoms with Gasteiger partial charge in [0.15, 0.2) is 5.82 Å². The van der Waals surface area contributed by atoms with E-state index in [1.165, 1.54) is 5.69 Å². The van der Waals surface area contributed by atoms with Crippen molar-refractivity contribution in [3.63, 3.8) is 0 Å². The van der Waals surface area contributed by atoms with Gasteiger partial charge in [0, 0.05) is 50.9 Å². The zero-order valence-electron chi connectivity index (χ0n) is 17.9. The predicted molar refractivity (Wildman–Crippen MR) is 133 cm³/mol. The van der Waals surface area contributed by atoms with Crippen molar-refractivity contribution >= 4 is 44.7 Å². The standard InChI is InChI=1S/C24H26BrN5OS/c25-22-8-7-21(32-22)20-6-9-23(27-26-20)29-12-10-18(11-13-29)24(31)30-16-14-28(15-17-30)19-4-2-1-3-5-19/h1-9,18H,10-17H2. The maximum Gasteiger partial charge on any atom is 0.225 e. The first-order chi connectivity index (χ1) is 15.7. The first kappa shape index (κ1) is 21.4. The van der Waals surface area contributed by atoms with E-state index in [0.717, 1.165) is 72.3 Å². The number of aromatic nitrogens is 2. The molecule has 0 N–H and O–H groups in total. The number of rotatable bonds is 4. The number of para-hydroxylation sites is 1. The van der Waals surface area contributed by atoms with Gasteiger partial charge in [-0.3, -0.25) is 4.79 Å². The molecule has 32 heavy (non-hydrogen) atoms. The molecule has 5 rings (SSSR count). The fourth-order valence-corrected chi connectivity index (χ4v) is 5.87. The normalized spacial score (nSPS) is 17.6. The number of carbonyl (C=O) groups excluding carboxylic acids is 1. The minimum Gasteiger partial charge on any atom is -0.368 e. The largest absolute Gasteiger partial charge is 0.368 e. The molecular weight excluding hydrogens is 486 g/mol. The van der Waals surface area contributed by atoms with Crippen molar-refractivity contribution in [3.05, 3.63) is 58.4 Å². The minimum absolute atomic E-state index is 0.116. The summed E-state index contributed by atoms with van der Waals surface area (Å²) in [6, 6.07) is 18.6. The second-order valence-electron chi connectivity index (χ2n) is 8.29. The van der Waals surface area contributed by atoms with Crippen molar-refractivity contribution in [1.29, 1.82) is 0 Å². The second-order valence-corrected chi connectivity index (χ2v) is 10.8. The molecular formula is C24H26BrN5OS. The maximum atomic E-state index is 13.1. The number of piperidine rings is 1. The Kier molecular flexibility index (Phi) is 6.41. The average Bonchev–Trinajstić information content (AvgIpc) is 3.31. The first-order valence-electron chi connectivity index (χ1n) is 11.1. The number of thiophene rings is 1. The topological polar surface area (TPSA) is 52.6 Å². The molecule has 0 saturated carbocycles. The summed E-state index contributed by atoms with van der Waals surface area (Å²) in [5.41, 5.74) is 2.14. The molecule has 2 aliphatic heterocycles. The molecule has 0 aliphatic carbocycles. The highest BCUT2D eigenvalue weighted by molar-refractivity contribution is 9.11. The average molecular weight is 512 g/mol. The van der Waals surface area contributed by atoms with Crippen LogP contribution in [-0.4, -0.2) is 60.3 Å². The van der Waals surface area contributed by atoms with Crippen LogP contribution in [0.3, 0.4) is 0 Å². The van der Waals surface area contributed by atoms with Gasteiger partial charge in [-0.1, -0.05) is 18.2 Å². The molecule has 1 aromatic carbocycles.